The number of guanidine groups is 2. The summed E-state index contributed by atoms with van der Waals surface area (Å²) in [5.41, 5.74) is 34.2. The normalized spacial score (nSPS) is 14.0. The van der Waals surface area contributed by atoms with E-state index in [0.717, 1.165) is 0 Å². The van der Waals surface area contributed by atoms with Gasteiger partial charge in [-0.05, 0) is 68.2 Å². The molecule has 0 bridgehead atoms. The van der Waals surface area contributed by atoms with Crippen molar-refractivity contribution in [2.75, 3.05) is 13.1 Å². The summed E-state index contributed by atoms with van der Waals surface area (Å²) in [7, 11) is 0. The van der Waals surface area contributed by atoms with E-state index in [4.69, 9.17) is 34.4 Å². The number of nitrogens with two attached hydrogens (primary N) is 6. The highest BCUT2D eigenvalue weighted by Crippen LogP contribution is 2.14. The van der Waals surface area contributed by atoms with E-state index in [1.165, 1.54) is 31.2 Å². The van der Waals surface area contributed by atoms with Gasteiger partial charge in [0.1, 0.15) is 42.0 Å². The van der Waals surface area contributed by atoms with E-state index in [1.54, 1.807) is 44.2 Å². The third-order valence-corrected chi connectivity index (χ3v) is 9.92. The van der Waals surface area contributed by atoms with Crippen molar-refractivity contribution < 1.29 is 48.6 Å². The number of nitrogens with zero attached hydrogens (tertiary/aromatic N) is 2. The SMILES string of the molecule is CC(C)C[C@H](NC(=O)[C@H](CCCN=C(N)N)NC(=O)[C@H](Cc1ccc(O)cc1)NC(=O)[C@H](Cc1ccccc1)NC(=O)[C@@H](N)CCCN=C(N)N)C(=O)N[C@@H](C)C(=O)N[C@@H](CC(N)=O)C(=O)O. The van der Waals surface area contributed by atoms with Crippen LogP contribution in [0.1, 0.15) is 70.4 Å². The van der Waals surface area contributed by atoms with Crippen molar-refractivity contribution >= 4 is 59.2 Å². The molecule has 0 saturated carbocycles. The number of phenols is 1. The van der Waals surface area contributed by atoms with Gasteiger partial charge >= 0.3 is 5.97 Å². The number of carboxylic acids is 1. The van der Waals surface area contributed by atoms with Gasteiger partial charge in [0.15, 0.2) is 11.9 Å². The number of hydrogen-bond donors (Lipinski definition) is 14. The highest BCUT2D eigenvalue weighted by molar-refractivity contribution is 5.97. The van der Waals surface area contributed by atoms with Gasteiger partial charge in [-0.25, -0.2) is 4.79 Å². The molecule has 67 heavy (non-hydrogen) atoms. The van der Waals surface area contributed by atoms with Gasteiger partial charge in [0.25, 0.3) is 0 Å². The van der Waals surface area contributed by atoms with E-state index in [0.29, 0.717) is 17.5 Å². The Morgan fingerprint density at radius 2 is 1.00 bits per heavy atom. The Bertz CT molecular complexity index is 2040. The van der Waals surface area contributed by atoms with Crippen LogP contribution in [-0.4, -0.2) is 125 Å². The van der Waals surface area contributed by atoms with Crippen LogP contribution in [0, 0.1) is 5.92 Å². The molecule has 0 heterocycles. The Morgan fingerprint density at radius 1 is 0.552 bits per heavy atom. The lowest BCUT2D eigenvalue weighted by atomic mass is 10.0. The highest BCUT2D eigenvalue weighted by atomic mass is 16.4. The molecular formula is C43H66N14O10. The molecule has 0 spiro atoms. The maximum Gasteiger partial charge on any atom is 0.326 e. The second-order valence-corrected chi connectivity index (χ2v) is 16.2. The van der Waals surface area contributed by atoms with Crippen LogP contribution in [0.3, 0.4) is 0 Å². The molecule has 2 rings (SSSR count). The minimum Gasteiger partial charge on any atom is -0.508 e. The third-order valence-electron chi connectivity index (χ3n) is 9.92. The number of aliphatic carboxylic acids is 1. The fraction of sp³-hybridized carbons (Fsp3) is 0.488. The Balaban J connectivity index is 2.46. The number of primary amides is 1. The summed E-state index contributed by atoms with van der Waals surface area (Å²) in [4.78, 5) is 113. The summed E-state index contributed by atoms with van der Waals surface area (Å²) >= 11 is 0. The maximum atomic E-state index is 14.4. The number of amides is 7. The predicted octanol–water partition coefficient (Wildman–Crippen LogP) is -3.45. The minimum absolute atomic E-state index is 0.00436. The van der Waals surface area contributed by atoms with Gasteiger partial charge in [0.2, 0.25) is 41.4 Å². The molecule has 0 aliphatic heterocycles. The number of nitrogens with one attached hydrogen (secondary N) is 6. The number of carbonyl (C=O) groups is 8. The van der Waals surface area contributed by atoms with Crippen LogP contribution in [0.5, 0.6) is 5.75 Å². The second-order valence-electron chi connectivity index (χ2n) is 16.2. The molecule has 2 aromatic carbocycles. The number of phenolic OH excluding ortho intramolecular Hbond substituents is 1. The first-order valence-electron chi connectivity index (χ1n) is 21.6. The van der Waals surface area contributed by atoms with Crippen molar-refractivity contribution in [3.63, 3.8) is 0 Å². The molecule has 0 aliphatic rings. The molecule has 2 aromatic rings. The Morgan fingerprint density at radius 3 is 1.51 bits per heavy atom. The lowest BCUT2D eigenvalue weighted by Crippen LogP contribution is -2.60. The molecule has 24 nitrogen and oxygen atoms in total. The summed E-state index contributed by atoms with van der Waals surface area (Å²) in [6, 6.07) is 5.25. The molecule has 0 unspecified atom stereocenters. The van der Waals surface area contributed by atoms with Crippen LogP contribution in [0.15, 0.2) is 64.6 Å². The molecular weight excluding hydrogens is 873 g/mol. The fourth-order valence-corrected chi connectivity index (χ4v) is 6.44. The molecule has 0 fully saturated rings. The van der Waals surface area contributed by atoms with Gasteiger partial charge in [0.05, 0.1) is 12.5 Å². The van der Waals surface area contributed by atoms with Gasteiger partial charge in [-0.1, -0.05) is 56.3 Å². The summed E-state index contributed by atoms with van der Waals surface area (Å²) in [5.74, 6) is -7.98. The van der Waals surface area contributed by atoms with E-state index in [-0.39, 0.29) is 75.2 Å². The van der Waals surface area contributed by atoms with Crippen LogP contribution in [0.25, 0.3) is 0 Å². The monoisotopic (exact) mass is 939 g/mol. The summed E-state index contributed by atoms with van der Waals surface area (Å²) < 4.78 is 0. The first kappa shape index (κ1) is 55.6. The summed E-state index contributed by atoms with van der Waals surface area (Å²) in [5, 5.41) is 34.7. The number of rotatable bonds is 29. The van der Waals surface area contributed by atoms with Crippen molar-refractivity contribution in [3.8, 4) is 5.75 Å². The molecule has 0 aliphatic carbocycles. The molecule has 368 valence electrons. The van der Waals surface area contributed by atoms with Crippen molar-refractivity contribution in [1.29, 1.82) is 0 Å². The zero-order valence-corrected chi connectivity index (χ0v) is 37.9. The van der Waals surface area contributed by atoms with Gasteiger partial charge < -0.3 is 76.5 Å². The zero-order valence-electron chi connectivity index (χ0n) is 37.9. The number of carboxylic acid groups (broad SMARTS) is 1. The lowest BCUT2D eigenvalue weighted by molar-refractivity contribution is -0.143. The Hall–Kier alpha value is -7.50. The minimum atomic E-state index is -1.66. The van der Waals surface area contributed by atoms with Crippen molar-refractivity contribution in [2.45, 2.75) is 114 Å². The predicted molar refractivity (Wildman–Crippen MR) is 248 cm³/mol. The topological polar surface area (TPSA) is 430 Å². The van der Waals surface area contributed by atoms with Crippen LogP contribution < -0.4 is 66.3 Å². The maximum absolute atomic E-state index is 14.4. The summed E-state index contributed by atoms with van der Waals surface area (Å²) in [6.45, 7) is 5.07. The lowest BCUT2D eigenvalue weighted by Gasteiger charge is -2.28. The van der Waals surface area contributed by atoms with Gasteiger partial charge in [-0.15, -0.1) is 0 Å². The fourth-order valence-electron chi connectivity index (χ4n) is 6.44. The van der Waals surface area contributed by atoms with Crippen molar-refractivity contribution in [1.82, 2.24) is 31.9 Å². The Labute approximate surface area is 388 Å². The zero-order chi connectivity index (χ0) is 50.2. The number of hydrogen-bond acceptors (Lipinski definition) is 12. The number of carbonyl (C=O) groups excluding carboxylic acids is 7. The molecule has 24 heteroatoms. The molecule has 7 amide bonds. The van der Waals surface area contributed by atoms with E-state index in [9.17, 15) is 48.6 Å². The molecule has 0 radical (unpaired) electrons. The number of benzene rings is 2. The molecule has 0 saturated heterocycles. The largest absolute Gasteiger partial charge is 0.508 e. The Kier molecular flexibility index (Phi) is 23.6. The van der Waals surface area contributed by atoms with Crippen LogP contribution >= 0.6 is 0 Å². The van der Waals surface area contributed by atoms with E-state index >= 15 is 0 Å². The molecule has 0 aromatic heterocycles. The number of aromatic hydroxyl groups is 1. The standard InChI is InChI=1S/C43H66N14O10/c1-23(2)19-30(38(63)52-24(3)35(60)57-33(41(66)67)22-34(45)59)55-37(62)29(12-8-18-51-43(48)49)53-39(64)32(21-26-13-15-27(58)16-14-26)56-40(65)31(20-25-9-5-4-6-10-25)54-36(61)28(44)11-7-17-50-42(46)47/h4-6,9-10,13-16,23-24,28-33,58H,7-8,11-12,17-22,44H2,1-3H3,(H2,45,59)(H,52,63)(H,53,64)(H,54,61)(H,55,62)(H,56,65)(H,57,60)(H,66,67)(H4,46,47,50)(H4,48,49,51)/t24-,28-,29-,30-,31-,32-,33-/m0/s1. The van der Waals surface area contributed by atoms with Crippen LogP contribution in [0.4, 0.5) is 0 Å². The van der Waals surface area contributed by atoms with Crippen molar-refractivity contribution in [3.05, 3.63) is 65.7 Å². The second kappa shape index (κ2) is 28.4. The van der Waals surface area contributed by atoms with Crippen molar-refractivity contribution in [2.24, 2.45) is 50.3 Å². The van der Waals surface area contributed by atoms with Crippen LogP contribution in [-0.2, 0) is 51.2 Å². The smallest absolute Gasteiger partial charge is 0.326 e. The third kappa shape index (κ3) is 21.8. The quantitative estimate of drug-likeness (QED) is 0.0214. The first-order chi connectivity index (χ1) is 31.6. The molecule has 20 N–H and O–H groups in total. The van der Waals surface area contributed by atoms with Gasteiger partial charge in [0, 0.05) is 25.9 Å². The number of aliphatic imine (C=N–C) groups is 2. The average Bonchev–Trinajstić information content (AvgIpc) is 3.25. The summed E-state index contributed by atoms with van der Waals surface area (Å²) in [6.07, 6.45) is -0.191. The van der Waals surface area contributed by atoms with E-state index in [2.05, 4.69) is 41.9 Å². The highest BCUT2D eigenvalue weighted by Gasteiger charge is 2.34. The van der Waals surface area contributed by atoms with Crippen LogP contribution in [0.2, 0.25) is 0 Å². The first-order valence-corrected chi connectivity index (χ1v) is 21.6. The average molecular weight is 939 g/mol. The van der Waals surface area contributed by atoms with E-state index < -0.39 is 96.0 Å². The van der Waals surface area contributed by atoms with Gasteiger partial charge in [-0.3, -0.25) is 43.5 Å². The van der Waals surface area contributed by atoms with E-state index in [1.807, 2.05) is 0 Å². The van der Waals surface area contributed by atoms with Gasteiger partial charge in [-0.2, -0.15) is 0 Å². The molecule has 7 atom stereocenters.